The lowest BCUT2D eigenvalue weighted by Gasteiger charge is -2.10. The third-order valence-electron chi connectivity index (χ3n) is 4.16. The van der Waals surface area contributed by atoms with E-state index >= 15 is 0 Å². The molecule has 1 N–H and O–H groups in total. The topological polar surface area (TPSA) is 101 Å². The Bertz CT molecular complexity index is 1060. The van der Waals surface area contributed by atoms with E-state index in [1.807, 2.05) is 0 Å². The first-order chi connectivity index (χ1) is 14.7. The van der Waals surface area contributed by atoms with Crippen molar-refractivity contribution in [3.05, 3.63) is 65.4 Å². The van der Waals surface area contributed by atoms with E-state index < -0.39 is 31.3 Å². The molecule has 0 fully saturated rings. The SMILES string of the molecule is O=C([O-])c1ccc(OCCNC(=O)c2oc3ccccc3c2COCC(F)(F)F)cc1. The van der Waals surface area contributed by atoms with Gasteiger partial charge in [-0.1, -0.05) is 18.2 Å². The van der Waals surface area contributed by atoms with Gasteiger partial charge in [0.1, 0.15) is 24.5 Å². The van der Waals surface area contributed by atoms with Gasteiger partial charge < -0.3 is 29.1 Å². The lowest BCUT2D eigenvalue weighted by molar-refractivity contribution is -0.255. The quantitative estimate of drug-likeness (QED) is 0.518. The maximum absolute atomic E-state index is 12.5. The molecule has 0 spiro atoms. The van der Waals surface area contributed by atoms with Crippen LogP contribution in [0, 0.1) is 0 Å². The van der Waals surface area contributed by atoms with E-state index in [0.717, 1.165) is 0 Å². The van der Waals surface area contributed by atoms with Gasteiger partial charge in [-0.25, -0.2) is 0 Å². The molecule has 10 heteroatoms. The largest absolute Gasteiger partial charge is 0.545 e. The van der Waals surface area contributed by atoms with Crippen LogP contribution in [0.2, 0.25) is 0 Å². The van der Waals surface area contributed by atoms with Gasteiger partial charge in [0.25, 0.3) is 5.91 Å². The molecule has 164 valence electrons. The number of hydrogen-bond acceptors (Lipinski definition) is 6. The van der Waals surface area contributed by atoms with Crippen LogP contribution in [0.15, 0.2) is 52.9 Å². The number of furan rings is 1. The molecule has 1 amide bonds. The Hall–Kier alpha value is -3.53. The Morgan fingerprint density at radius 3 is 2.45 bits per heavy atom. The summed E-state index contributed by atoms with van der Waals surface area (Å²) in [7, 11) is 0. The molecule has 7 nitrogen and oxygen atoms in total. The molecule has 0 atom stereocenters. The predicted molar refractivity (Wildman–Crippen MR) is 101 cm³/mol. The molecule has 0 aliphatic rings. The first kappa shape index (κ1) is 22.2. The Kier molecular flexibility index (Phi) is 6.81. The molecule has 3 rings (SSSR count). The highest BCUT2D eigenvalue weighted by Crippen LogP contribution is 2.27. The fourth-order valence-corrected chi connectivity index (χ4v) is 2.80. The Balaban J connectivity index is 1.60. The average Bonchev–Trinajstić information content (AvgIpc) is 3.09. The van der Waals surface area contributed by atoms with Crippen LogP contribution < -0.4 is 15.2 Å². The van der Waals surface area contributed by atoms with Crippen molar-refractivity contribution in [3.63, 3.8) is 0 Å². The second-order valence-corrected chi connectivity index (χ2v) is 6.43. The van der Waals surface area contributed by atoms with Gasteiger partial charge in [0, 0.05) is 10.9 Å². The summed E-state index contributed by atoms with van der Waals surface area (Å²) in [5.74, 6) is -1.68. The maximum atomic E-state index is 12.5. The van der Waals surface area contributed by atoms with Gasteiger partial charge in [0.2, 0.25) is 0 Å². The molecule has 0 unspecified atom stereocenters. The van der Waals surface area contributed by atoms with Crippen molar-refractivity contribution in [3.8, 4) is 5.75 Å². The average molecular weight is 436 g/mol. The number of aromatic carboxylic acids is 1. The number of para-hydroxylation sites is 1. The summed E-state index contributed by atoms with van der Waals surface area (Å²) in [6.07, 6.45) is -4.49. The standard InChI is InChI=1S/C21H18F3NO6/c22-21(23,24)12-29-11-16-15-3-1-2-4-17(15)31-18(16)19(26)25-9-10-30-14-7-5-13(6-8-14)20(27)28/h1-8H,9-12H2,(H,25,26)(H,27,28)/p-1. The van der Waals surface area contributed by atoms with Crippen molar-refractivity contribution in [1.82, 2.24) is 5.32 Å². The number of carbonyl (C=O) groups excluding carboxylic acids is 2. The van der Waals surface area contributed by atoms with Gasteiger partial charge >= 0.3 is 6.18 Å². The van der Waals surface area contributed by atoms with E-state index in [1.165, 1.54) is 24.3 Å². The number of benzene rings is 2. The lowest BCUT2D eigenvalue weighted by Crippen LogP contribution is -2.28. The van der Waals surface area contributed by atoms with E-state index in [1.54, 1.807) is 24.3 Å². The summed E-state index contributed by atoms with van der Waals surface area (Å²) < 4.78 is 52.8. The highest BCUT2D eigenvalue weighted by Gasteiger charge is 2.28. The number of amides is 1. The minimum Gasteiger partial charge on any atom is -0.545 e. The lowest BCUT2D eigenvalue weighted by atomic mass is 10.1. The van der Waals surface area contributed by atoms with Gasteiger partial charge in [-0.2, -0.15) is 13.2 Å². The van der Waals surface area contributed by atoms with Crippen LogP contribution >= 0.6 is 0 Å². The molecule has 31 heavy (non-hydrogen) atoms. The van der Waals surface area contributed by atoms with E-state index in [0.29, 0.717) is 16.7 Å². The van der Waals surface area contributed by atoms with Gasteiger partial charge in [0.05, 0.1) is 19.1 Å². The van der Waals surface area contributed by atoms with E-state index in [-0.39, 0.29) is 30.0 Å². The number of carboxylic acid groups (broad SMARTS) is 1. The summed E-state index contributed by atoms with van der Waals surface area (Å²) in [6.45, 7) is -1.75. The summed E-state index contributed by atoms with van der Waals surface area (Å²) in [6, 6.07) is 12.1. The second-order valence-electron chi connectivity index (χ2n) is 6.43. The minimum atomic E-state index is -4.49. The zero-order valence-corrected chi connectivity index (χ0v) is 16.0. The Morgan fingerprint density at radius 1 is 1.06 bits per heavy atom. The van der Waals surface area contributed by atoms with Gasteiger partial charge in [0.15, 0.2) is 5.76 Å². The van der Waals surface area contributed by atoms with Gasteiger partial charge in [-0.3, -0.25) is 4.79 Å². The number of rotatable bonds is 9. The van der Waals surface area contributed by atoms with Gasteiger partial charge in [-0.15, -0.1) is 0 Å². The smallest absolute Gasteiger partial charge is 0.411 e. The van der Waals surface area contributed by atoms with Crippen molar-refractivity contribution < 1.29 is 41.8 Å². The van der Waals surface area contributed by atoms with Crippen molar-refractivity contribution in [2.24, 2.45) is 0 Å². The molecular weight excluding hydrogens is 419 g/mol. The van der Waals surface area contributed by atoms with Gasteiger partial charge in [-0.05, 0) is 35.9 Å². The zero-order chi connectivity index (χ0) is 22.4. The summed E-state index contributed by atoms with van der Waals surface area (Å²) in [4.78, 5) is 23.2. The molecule has 2 aromatic carbocycles. The molecule has 0 saturated carbocycles. The van der Waals surface area contributed by atoms with Crippen molar-refractivity contribution >= 4 is 22.8 Å². The Labute approximate surface area is 174 Å². The van der Waals surface area contributed by atoms with E-state index in [2.05, 4.69) is 5.32 Å². The predicted octanol–water partition coefficient (Wildman–Crippen LogP) is 2.68. The number of alkyl halides is 3. The third kappa shape index (κ3) is 5.98. The number of halogens is 3. The van der Waals surface area contributed by atoms with E-state index in [9.17, 15) is 27.9 Å². The Morgan fingerprint density at radius 2 is 1.77 bits per heavy atom. The number of ether oxygens (including phenoxy) is 2. The maximum Gasteiger partial charge on any atom is 0.411 e. The number of nitrogens with one attached hydrogen (secondary N) is 1. The molecular formula is C21H17F3NO6-. The summed E-state index contributed by atoms with van der Waals surface area (Å²) >= 11 is 0. The molecule has 0 radical (unpaired) electrons. The fourth-order valence-electron chi connectivity index (χ4n) is 2.80. The van der Waals surface area contributed by atoms with Crippen LogP contribution in [0.5, 0.6) is 5.75 Å². The number of fused-ring (bicyclic) bond motifs is 1. The van der Waals surface area contributed by atoms with Crippen LogP contribution in [-0.4, -0.2) is 37.8 Å². The normalized spacial score (nSPS) is 11.5. The number of hydrogen-bond donors (Lipinski definition) is 1. The zero-order valence-electron chi connectivity index (χ0n) is 16.0. The summed E-state index contributed by atoms with van der Waals surface area (Å²) in [5, 5.41) is 13.8. The van der Waals surface area contributed by atoms with E-state index in [4.69, 9.17) is 13.9 Å². The molecule has 0 aliphatic carbocycles. The molecule has 1 heterocycles. The highest BCUT2D eigenvalue weighted by atomic mass is 19.4. The van der Waals surface area contributed by atoms with Crippen LogP contribution in [0.3, 0.4) is 0 Å². The second kappa shape index (κ2) is 9.52. The molecule has 0 aliphatic heterocycles. The molecule has 0 saturated heterocycles. The first-order valence-corrected chi connectivity index (χ1v) is 9.12. The number of carbonyl (C=O) groups is 2. The summed E-state index contributed by atoms with van der Waals surface area (Å²) in [5.41, 5.74) is 0.574. The van der Waals surface area contributed by atoms with Crippen LogP contribution in [-0.2, 0) is 11.3 Å². The molecule has 0 bridgehead atoms. The highest BCUT2D eigenvalue weighted by molar-refractivity contribution is 5.99. The first-order valence-electron chi connectivity index (χ1n) is 9.12. The van der Waals surface area contributed by atoms with Crippen LogP contribution in [0.4, 0.5) is 13.2 Å². The third-order valence-corrected chi connectivity index (χ3v) is 4.16. The van der Waals surface area contributed by atoms with Crippen molar-refractivity contribution in [1.29, 1.82) is 0 Å². The molecule has 3 aromatic rings. The number of carboxylic acids is 1. The van der Waals surface area contributed by atoms with Crippen molar-refractivity contribution in [2.45, 2.75) is 12.8 Å². The van der Waals surface area contributed by atoms with Crippen molar-refractivity contribution in [2.75, 3.05) is 19.8 Å². The van der Waals surface area contributed by atoms with Crippen LogP contribution in [0.25, 0.3) is 11.0 Å². The minimum absolute atomic E-state index is 0.00538. The fraction of sp³-hybridized carbons (Fsp3) is 0.238. The molecule has 1 aromatic heterocycles. The van der Waals surface area contributed by atoms with Crippen LogP contribution in [0.1, 0.15) is 26.5 Å². The monoisotopic (exact) mass is 436 g/mol.